The van der Waals surface area contributed by atoms with E-state index in [0.717, 1.165) is 17.8 Å². The van der Waals surface area contributed by atoms with Gasteiger partial charge in [-0.3, -0.25) is 4.98 Å². The van der Waals surface area contributed by atoms with Crippen molar-refractivity contribution in [2.24, 2.45) is 0 Å². The third kappa shape index (κ3) is 3.49. The van der Waals surface area contributed by atoms with Crippen molar-refractivity contribution in [1.82, 2.24) is 9.88 Å². The van der Waals surface area contributed by atoms with Gasteiger partial charge in [0.1, 0.15) is 0 Å². The monoisotopic (exact) mass is 302 g/mol. The topological polar surface area (TPSA) is 43.8 Å². The van der Waals surface area contributed by atoms with Gasteiger partial charge in [0.15, 0.2) is 11.5 Å². The first-order valence-electron chi connectivity index (χ1n) is 6.99. The summed E-state index contributed by atoms with van der Waals surface area (Å²) >= 11 is 0. The average Bonchev–Trinajstić information content (AvgIpc) is 2.53. The van der Waals surface area contributed by atoms with Gasteiger partial charge in [-0.05, 0) is 37.9 Å². The van der Waals surface area contributed by atoms with Gasteiger partial charge in [-0.2, -0.15) is 0 Å². The van der Waals surface area contributed by atoms with E-state index in [0.29, 0.717) is 17.2 Å². The second kappa shape index (κ2) is 7.13. The molecule has 2 rings (SSSR count). The highest BCUT2D eigenvalue weighted by molar-refractivity contribution is 5.68. The van der Waals surface area contributed by atoms with Gasteiger partial charge in [0.05, 0.1) is 27.0 Å². The second-order valence-electron chi connectivity index (χ2n) is 5.20. The average molecular weight is 302 g/mol. The number of ether oxygens (including phenoxy) is 3. The lowest BCUT2D eigenvalue weighted by atomic mass is 10.1. The molecule has 0 atom stereocenters. The maximum atomic E-state index is 5.38. The van der Waals surface area contributed by atoms with Crippen molar-refractivity contribution in [3.8, 4) is 28.5 Å². The van der Waals surface area contributed by atoms with Crippen LogP contribution in [0.5, 0.6) is 17.2 Å². The first-order chi connectivity index (χ1) is 10.6. The summed E-state index contributed by atoms with van der Waals surface area (Å²) in [6.45, 7) is 0.864. The minimum Gasteiger partial charge on any atom is -0.493 e. The summed E-state index contributed by atoms with van der Waals surface area (Å²) in [4.78, 5) is 6.64. The summed E-state index contributed by atoms with van der Waals surface area (Å²) < 4.78 is 16.1. The Labute approximate surface area is 131 Å². The van der Waals surface area contributed by atoms with Gasteiger partial charge in [0, 0.05) is 18.3 Å². The van der Waals surface area contributed by atoms with Crippen LogP contribution in [0, 0.1) is 0 Å². The number of aromatic nitrogens is 1. The highest BCUT2D eigenvalue weighted by Gasteiger charge is 2.14. The fourth-order valence-corrected chi connectivity index (χ4v) is 2.28. The molecule has 0 amide bonds. The third-order valence-electron chi connectivity index (χ3n) is 3.28. The van der Waals surface area contributed by atoms with Gasteiger partial charge < -0.3 is 19.1 Å². The van der Waals surface area contributed by atoms with Crippen LogP contribution in [0.1, 0.15) is 5.56 Å². The highest BCUT2D eigenvalue weighted by atomic mass is 16.5. The molecule has 118 valence electrons. The van der Waals surface area contributed by atoms with Crippen LogP contribution in [0.4, 0.5) is 0 Å². The number of methoxy groups -OCH3 is 3. The number of hydrogen-bond donors (Lipinski definition) is 0. The van der Waals surface area contributed by atoms with Crippen LogP contribution in [0.25, 0.3) is 11.3 Å². The predicted molar refractivity (Wildman–Crippen MR) is 86.7 cm³/mol. The van der Waals surface area contributed by atoms with Crippen molar-refractivity contribution in [2.45, 2.75) is 6.54 Å². The van der Waals surface area contributed by atoms with Gasteiger partial charge >= 0.3 is 0 Å². The second-order valence-corrected chi connectivity index (χ2v) is 5.20. The zero-order valence-electron chi connectivity index (χ0n) is 13.7. The van der Waals surface area contributed by atoms with Crippen LogP contribution in [0.2, 0.25) is 0 Å². The molecule has 0 aliphatic rings. The summed E-state index contributed by atoms with van der Waals surface area (Å²) in [7, 11) is 8.87. The molecule has 0 bridgehead atoms. The number of hydrogen-bond acceptors (Lipinski definition) is 5. The highest BCUT2D eigenvalue weighted by Crippen LogP contribution is 2.40. The molecule has 5 nitrogen and oxygen atoms in total. The van der Waals surface area contributed by atoms with Crippen molar-refractivity contribution in [3.63, 3.8) is 0 Å². The lowest BCUT2D eigenvalue weighted by Crippen LogP contribution is -2.10. The molecule has 1 aromatic heterocycles. The lowest BCUT2D eigenvalue weighted by molar-refractivity contribution is 0.324. The number of pyridine rings is 1. The quantitative estimate of drug-likeness (QED) is 0.821. The van der Waals surface area contributed by atoms with E-state index in [9.17, 15) is 0 Å². The van der Waals surface area contributed by atoms with Crippen LogP contribution < -0.4 is 14.2 Å². The van der Waals surface area contributed by atoms with E-state index < -0.39 is 0 Å². The molecule has 0 N–H and O–H groups in total. The third-order valence-corrected chi connectivity index (χ3v) is 3.28. The summed E-state index contributed by atoms with van der Waals surface area (Å²) in [5.41, 5.74) is 2.95. The Kier molecular flexibility index (Phi) is 5.22. The van der Waals surface area contributed by atoms with E-state index >= 15 is 0 Å². The molecule has 0 fully saturated rings. The molecular weight excluding hydrogens is 280 g/mol. The fraction of sp³-hybridized carbons (Fsp3) is 0.353. The van der Waals surface area contributed by atoms with Crippen LogP contribution in [-0.2, 0) is 6.54 Å². The van der Waals surface area contributed by atoms with Gasteiger partial charge in [-0.1, -0.05) is 6.07 Å². The summed E-state index contributed by atoms with van der Waals surface area (Å²) in [5.74, 6) is 1.82. The van der Waals surface area contributed by atoms with E-state index in [-0.39, 0.29) is 0 Å². The molecule has 2 aromatic rings. The molecule has 0 aliphatic carbocycles. The van der Waals surface area contributed by atoms with Crippen molar-refractivity contribution < 1.29 is 14.2 Å². The molecule has 0 unspecified atom stereocenters. The minimum absolute atomic E-state index is 0.581. The molecule has 1 heterocycles. The van der Waals surface area contributed by atoms with E-state index in [4.69, 9.17) is 14.2 Å². The summed E-state index contributed by atoms with van der Waals surface area (Å²) in [6, 6.07) is 7.87. The molecule has 5 heteroatoms. The van der Waals surface area contributed by atoms with Gasteiger partial charge in [-0.25, -0.2) is 0 Å². The Hall–Kier alpha value is -2.27. The Morgan fingerprint density at radius 3 is 2.00 bits per heavy atom. The largest absolute Gasteiger partial charge is 0.493 e. The molecule has 0 radical (unpaired) electrons. The molecule has 0 saturated heterocycles. The van der Waals surface area contributed by atoms with Crippen LogP contribution in [0.15, 0.2) is 30.5 Å². The molecule has 22 heavy (non-hydrogen) atoms. The van der Waals surface area contributed by atoms with Crippen LogP contribution in [0.3, 0.4) is 0 Å². The summed E-state index contributed by atoms with van der Waals surface area (Å²) in [6.07, 6.45) is 1.89. The van der Waals surface area contributed by atoms with E-state index in [2.05, 4.69) is 16.0 Å². The van der Waals surface area contributed by atoms with E-state index in [1.54, 1.807) is 21.3 Å². The molecule has 0 spiro atoms. The van der Waals surface area contributed by atoms with Crippen LogP contribution in [-0.4, -0.2) is 45.3 Å². The first-order valence-corrected chi connectivity index (χ1v) is 6.99. The fourth-order valence-electron chi connectivity index (χ4n) is 2.28. The number of benzene rings is 1. The number of rotatable bonds is 6. The molecule has 0 aliphatic heterocycles. The standard InChI is InChI=1S/C17H22N2O3/c1-19(2)11-12-6-7-14(18-10-12)13-8-15(20-3)17(22-5)16(9-13)21-4/h6-10H,11H2,1-5H3. The normalized spacial score (nSPS) is 10.6. The predicted octanol–water partition coefficient (Wildman–Crippen LogP) is 2.84. The number of nitrogens with zero attached hydrogens (tertiary/aromatic N) is 2. The minimum atomic E-state index is 0.581. The maximum Gasteiger partial charge on any atom is 0.203 e. The SMILES string of the molecule is COc1cc(-c2ccc(CN(C)C)cn2)cc(OC)c1OC. The van der Waals surface area contributed by atoms with E-state index in [1.807, 2.05) is 38.5 Å². The molecule has 0 saturated carbocycles. The first kappa shape index (κ1) is 16.1. The van der Waals surface area contributed by atoms with E-state index in [1.165, 1.54) is 5.56 Å². The zero-order chi connectivity index (χ0) is 16.1. The van der Waals surface area contributed by atoms with Crippen molar-refractivity contribution in [3.05, 3.63) is 36.0 Å². The Bertz CT molecular complexity index is 599. The maximum absolute atomic E-state index is 5.38. The lowest BCUT2D eigenvalue weighted by Gasteiger charge is -2.14. The zero-order valence-corrected chi connectivity index (χ0v) is 13.7. The molecule has 1 aromatic carbocycles. The van der Waals surface area contributed by atoms with Crippen molar-refractivity contribution in [2.75, 3.05) is 35.4 Å². The Balaban J connectivity index is 2.39. The van der Waals surface area contributed by atoms with Gasteiger partial charge in [0.2, 0.25) is 5.75 Å². The van der Waals surface area contributed by atoms with Crippen molar-refractivity contribution >= 4 is 0 Å². The Morgan fingerprint density at radius 1 is 0.955 bits per heavy atom. The van der Waals surface area contributed by atoms with Gasteiger partial charge in [0.25, 0.3) is 0 Å². The van der Waals surface area contributed by atoms with Crippen LogP contribution >= 0.6 is 0 Å². The molecular formula is C17H22N2O3. The van der Waals surface area contributed by atoms with Crippen molar-refractivity contribution in [1.29, 1.82) is 0 Å². The smallest absolute Gasteiger partial charge is 0.203 e. The Morgan fingerprint density at radius 2 is 1.59 bits per heavy atom. The summed E-state index contributed by atoms with van der Waals surface area (Å²) in [5, 5.41) is 0. The van der Waals surface area contributed by atoms with Gasteiger partial charge in [-0.15, -0.1) is 0 Å².